The lowest BCUT2D eigenvalue weighted by Gasteiger charge is -2.47. The van der Waals surface area contributed by atoms with Crippen molar-refractivity contribution in [3.05, 3.63) is 0 Å². The van der Waals surface area contributed by atoms with E-state index < -0.39 is 0 Å². The fraction of sp³-hybridized carbons (Fsp3) is 1.00. The van der Waals surface area contributed by atoms with Crippen LogP contribution in [0, 0.1) is 0 Å². The van der Waals surface area contributed by atoms with E-state index in [-0.39, 0.29) is 5.54 Å². The number of rotatable bonds is 4. The van der Waals surface area contributed by atoms with Crippen molar-refractivity contribution in [2.45, 2.75) is 51.2 Å². The van der Waals surface area contributed by atoms with Crippen LogP contribution in [0.25, 0.3) is 0 Å². The first-order valence-electron chi connectivity index (χ1n) is 8.03. The zero-order chi connectivity index (χ0) is 13.7. The Bertz CT molecular complexity index is 274. The fourth-order valence-electron chi connectivity index (χ4n) is 3.60. The third kappa shape index (κ3) is 3.48. The molecule has 2 rings (SSSR count). The van der Waals surface area contributed by atoms with Gasteiger partial charge in [0.1, 0.15) is 0 Å². The standard InChI is InChI=1S/C15H31N3O/c1-3-14-12-18(10-11-19-14)15(13-16)6-5-8-17(4-2)9-7-15/h14H,3-13,16H2,1-2H3. The van der Waals surface area contributed by atoms with Crippen LogP contribution in [0.3, 0.4) is 0 Å². The molecule has 2 heterocycles. The van der Waals surface area contributed by atoms with Crippen LogP contribution in [0.1, 0.15) is 39.5 Å². The highest BCUT2D eigenvalue weighted by Crippen LogP contribution is 2.30. The van der Waals surface area contributed by atoms with Crippen molar-refractivity contribution in [3.63, 3.8) is 0 Å². The minimum atomic E-state index is 0.223. The average Bonchev–Trinajstić information content (AvgIpc) is 2.70. The molecule has 112 valence electrons. The Hall–Kier alpha value is -0.160. The van der Waals surface area contributed by atoms with Gasteiger partial charge in [0.05, 0.1) is 12.7 Å². The van der Waals surface area contributed by atoms with Crippen molar-refractivity contribution in [3.8, 4) is 0 Å². The van der Waals surface area contributed by atoms with E-state index in [1.54, 1.807) is 0 Å². The summed E-state index contributed by atoms with van der Waals surface area (Å²) in [5, 5.41) is 0. The van der Waals surface area contributed by atoms with Crippen molar-refractivity contribution >= 4 is 0 Å². The molecule has 0 aliphatic carbocycles. The van der Waals surface area contributed by atoms with Crippen molar-refractivity contribution in [2.75, 3.05) is 45.9 Å². The lowest BCUT2D eigenvalue weighted by atomic mass is 9.87. The molecule has 0 spiro atoms. The van der Waals surface area contributed by atoms with E-state index in [2.05, 4.69) is 23.6 Å². The molecule has 2 saturated heterocycles. The van der Waals surface area contributed by atoms with E-state index in [1.165, 1.54) is 38.9 Å². The summed E-state index contributed by atoms with van der Waals surface area (Å²) in [7, 11) is 0. The van der Waals surface area contributed by atoms with Crippen LogP contribution in [0.4, 0.5) is 0 Å². The van der Waals surface area contributed by atoms with E-state index in [0.29, 0.717) is 6.10 Å². The number of nitrogens with zero attached hydrogens (tertiary/aromatic N) is 2. The molecule has 0 amide bonds. The first-order chi connectivity index (χ1) is 9.24. The SMILES string of the molecule is CCC1CN(C2(CN)CCCN(CC)CC2)CCO1. The molecular weight excluding hydrogens is 238 g/mol. The van der Waals surface area contributed by atoms with Crippen molar-refractivity contribution in [2.24, 2.45) is 5.73 Å². The number of hydrogen-bond acceptors (Lipinski definition) is 4. The molecule has 19 heavy (non-hydrogen) atoms. The highest BCUT2D eigenvalue weighted by atomic mass is 16.5. The fourth-order valence-corrected chi connectivity index (χ4v) is 3.60. The molecule has 2 N–H and O–H groups in total. The molecule has 2 aliphatic heterocycles. The van der Waals surface area contributed by atoms with Gasteiger partial charge in [-0.05, 0) is 45.3 Å². The third-order valence-electron chi connectivity index (χ3n) is 5.10. The van der Waals surface area contributed by atoms with E-state index in [9.17, 15) is 0 Å². The van der Waals surface area contributed by atoms with Crippen LogP contribution in [0.15, 0.2) is 0 Å². The van der Waals surface area contributed by atoms with Gasteiger partial charge < -0.3 is 15.4 Å². The molecule has 4 heteroatoms. The number of nitrogens with two attached hydrogens (primary N) is 1. The summed E-state index contributed by atoms with van der Waals surface area (Å²) in [6, 6.07) is 0. The summed E-state index contributed by atoms with van der Waals surface area (Å²) in [6.45, 7) is 11.9. The maximum Gasteiger partial charge on any atom is 0.0700 e. The molecule has 2 aliphatic rings. The summed E-state index contributed by atoms with van der Waals surface area (Å²) in [5.41, 5.74) is 6.43. The van der Waals surface area contributed by atoms with Crippen LogP contribution in [0.2, 0.25) is 0 Å². The van der Waals surface area contributed by atoms with Gasteiger partial charge in [-0.2, -0.15) is 0 Å². The van der Waals surface area contributed by atoms with Gasteiger partial charge in [0.25, 0.3) is 0 Å². The Morgan fingerprint density at radius 2 is 2.05 bits per heavy atom. The zero-order valence-electron chi connectivity index (χ0n) is 12.7. The topological polar surface area (TPSA) is 41.7 Å². The van der Waals surface area contributed by atoms with Gasteiger partial charge in [0, 0.05) is 25.2 Å². The molecule has 0 radical (unpaired) electrons. The molecule has 2 fully saturated rings. The number of morpholine rings is 1. The minimum Gasteiger partial charge on any atom is -0.376 e. The number of ether oxygens (including phenoxy) is 1. The Kier molecular flexibility index (Phi) is 5.63. The first kappa shape index (κ1) is 15.2. The second-order valence-electron chi connectivity index (χ2n) is 6.06. The summed E-state index contributed by atoms with van der Waals surface area (Å²) < 4.78 is 5.82. The van der Waals surface area contributed by atoms with E-state index in [0.717, 1.165) is 32.7 Å². The van der Waals surface area contributed by atoms with Gasteiger partial charge in [0.15, 0.2) is 0 Å². The van der Waals surface area contributed by atoms with Gasteiger partial charge in [-0.3, -0.25) is 4.90 Å². The Balaban J connectivity index is 2.04. The van der Waals surface area contributed by atoms with Crippen LogP contribution in [-0.2, 0) is 4.74 Å². The maximum absolute atomic E-state index is 6.21. The molecule has 0 saturated carbocycles. The summed E-state index contributed by atoms with van der Waals surface area (Å²) in [5.74, 6) is 0. The number of likely N-dealkylation sites (tertiary alicyclic amines) is 1. The monoisotopic (exact) mass is 269 g/mol. The first-order valence-corrected chi connectivity index (χ1v) is 8.03. The third-order valence-corrected chi connectivity index (χ3v) is 5.10. The summed E-state index contributed by atoms with van der Waals surface area (Å²) in [4.78, 5) is 5.21. The van der Waals surface area contributed by atoms with E-state index >= 15 is 0 Å². The lowest BCUT2D eigenvalue weighted by Crippen LogP contribution is -2.59. The lowest BCUT2D eigenvalue weighted by molar-refractivity contribution is -0.0727. The Labute approximate surface area is 118 Å². The normalized spacial score (nSPS) is 35.2. The van der Waals surface area contributed by atoms with Gasteiger partial charge in [-0.1, -0.05) is 13.8 Å². The second-order valence-corrected chi connectivity index (χ2v) is 6.06. The minimum absolute atomic E-state index is 0.223. The van der Waals surface area contributed by atoms with Gasteiger partial charge in [0.2, 0.25) is 0 Å². The molecule has 0 bridgehead atoms. The number of hydrogen-bond donors (Lipinski definition) is 1. The molecule has 0 aromatic heterocycles. The molecular formula is C15H31N3O. The van der Waals surface area contributed by atoms with Crippen molar-refractivity contribution in [1.82, 2.24) is 9.80 Å². The van der Waals surface area contributed by atoms with Crippen molar-refractivity contribution < 1.29 is 4.74 Å². The summed E-state index contributed by atoms with van der Waals surface area (Å²) in [6.07, 6.45) is 5.25. The largest absolute Gasteiger partial charge is 0.376 e. The van der Waals surface area contributed by atoms with Crippen molar-refractivity contribution in [1.29, 1.82) is 0 Å². The van der Waals surface area contributed by atoms with Crippen LogP contribution < -0.4 is 5.73 Å². The van der Waals surface area contributed by atoms with Gasteiger partial charge in [-0.25, -0.2) is 0 Å². The molecule has 2 unspecified atom stereocenters. The molecule has 2 atom stereocenters. The molecule has 4 nitrogen and oxygen atoms in total. The highest BCUT2D eigenvalue weighted by molar-refractivity contribution is 4.96. The van der Waals surface area contributed by atoms with Gasteiger partial charge >= 0.3 is 0 Å². The van der Waals surface area contributed by atoms with Crippen LogP contribution >= 0.6 is 0 Å². The average molecular weight is 269 g/mol. The second kappa shape index (κ2) is 7.02. The predicted molar refractivity (Wildman–Crippen MR) is 79.4 cm³/mol. The van der Waals surface area contributed by atoms with E-state index in [4.69, 9.17) is 10.5 Å². The molecule has 0 aromatic rings. The van der Waals surface area contributed by atoms with Crippen LogP contribution in [-0.4, -0.2) is 67.3 Å². The summed E-state index contributed by atoms with van der Waals surface area (Å²) >= 11 is 0. The van der Waals surface area contributed by atoms with E-state index in [1.807, 2.05) is 0 Å². The maximum atomic E-state index is 6.21. The van der Waals surface area contributed by atoms with Gasteiger partial charge in [-0.15, -0.1) is 0 Å². The highest BCUT2D eigenvalue weighted by Gasteiger charge is 2.39. The zero-order valence-corrected chi connectivity index (χ0v) is 12.7. The quantitative estimate of drug-likeness (QED) is 0.835. The smallest absolute Gasteiger partial charge is 0.0700 e. The Morgan fingerprint density at radius 3 is 2.74 bits per heavy atom. The molecule has 0 aromatic carbocycles. The Morgan fingerprint density at radius 1 is 1.21 bits per heavy atom. The predicted octanol–water partition coefficient (Wildman–Crippen LogP) is 1.30. The van der Waals surface area contributed by atoms with Crippen LogP contribution in [0.5, 0.6) is 0 Å².